The summed E-state index contributed by atoms with van der Waals surface area (Å²) >= 11 is 5.90. The second-order valence-electron chi connectivity index (χ2n) is 4.87. The van der Waals surface area contributed by atoms with E-state index in [1.165, 1.54) is 36.4 Å². The van der Waals surface area contributed by atoms with Gasteiger partial charge >= 0.3 is 0 Å². The topological polar surface area (TPSA) is 31.4 Å². The Morgan fingerprint density at radius 3 is 1.83 bits per heavy atom. The Labute approximate surface area is 142 Å². The van der Waals surface area contributed by atoms with Gasteiger partial charge in [0.25, 0.3) is 6.29 Å². The molecule has 0 amide bonds. The summed E-state index contributed by atoms with van der Waals surface area (Å²) in [6.07, 6.45) is -1.02. The SMILES string of the molecule is Fc1cccc(OC(Oc2cccc(F)c2)c2cccc(Cl)n2)c1. The number of hydrogen-bond donors (Lipinski definition) is 0. The first-order chi connectivity index (χ1) is 11.6. The zero-order chi connectivity index (χ0) is 16.9. The Morgan fingerprint density at radius 2 is 1.33 bits per heavy atom. The predicted octanol–water partition coefficient (Wildman–Crippen LogP) is 5.17. The Kier molecular flexibility index (Phi) is 4.91. The third-order valence-corrected chi connectivity index (χ3v) is 3.27. The predicted molar refractivity (Wildman–Crippen MR) is 86.0 cm³/mol. The first kappa shape index (κ1) is 16.2. The largest absolute Gasteiger partial charge is 0.449 e. The summed E-state index contributed by atoms with van der Waals surface area (Å²) in [5.41, 5.74) is 0.371. The number of hydrogen-bond acceptors (Lipinski definition) is 3. The molecule has 0 atom stereocenters. The van der Waals surface area contributed by atoms with Crippen LogP contribution in [0.15, 0.2) is 66.7 Å². The monoisotopic (exact) mass is 347 g/mol. The maximum Gasteiger partial charge on any atom is 0.284 e. The molecule has 0 fully saturated rings. The van der Waals surface area contributed by atoms with E-state index in [-0.39, 0.29) is 16.7 Å². The van der Waals surface area contributed by atoms with Crippen LogP contribution in [0.3, 0.4) is 0 Å². The average molecular weight is 348 g/mol. The molecule has 0 N–H and O–H groups in total. The van der Waals surface area contributed by atoms with Crippen LogP contribution >= 0.6 is 11.6 Å². The lowest BCUT2D eigenvalue weighted by atomic mass is 10.3. The lowest BCUT2D eigenvalue weighted by Crippen LogP contribution is -2.16. The van der Waals surface area contributed by atoms with Gasteiger partial charge in [0.1, 0.15) is 34.0 Å². The summed E-state index contributed by atoms with van der Waals surface area (Å²) in [4.78, 5) is 4.14. The van der Waals surface area contributed by atoms with Crippen molar-refractivity contribution in [1.29, 1.82) is 0 Å². The van der Waals surface area contributed by atoms with E-state index in [0.29, 0.717) is 5.69 Å². The van der Waals surface area contributed by atoms with Gasteiger partial charge < -0.3 is 9.47 Å². The van der Waals surface area contributed by atoms with E-state index < -0.39 is 17.9 Å². The molecule has 122 valence electrons. The number of aromatic nitrogens is 1. The second-order valence-corrected chi connectivity index (χ2v) is 5.25. The van der Waals surface area contributed by atoms with Crippen LogP contribution in [-0.4, -0.2) is 4.98 Å². The van der Waals surface area contributed by atoms with Crippen LogP contribution in [0.5, 0.6) is 11.5 Å². The fraction of sp³-hybridized carbons (Fsp3) is 0.0556. The molecule has 3 aromatic rings. The summed E-state index contributed by atoms with van der Waals surface area (Å²) in [6.45, 7) is 0. The van der Waals surface area contributed by atoms with Gasteiger partial charge in [-0.2, -0.15) is 0 Å². The number of pyridine rings is 1. The molecule has 2 aromatic carbocycles. The van der Waals surface area contributed by atoms with Crippen molar-refractivity contribution in [3.8, 4) is 11.5 Å². The van der Waals surface area contributed by atoms with Gasteiger partial charge in [-0.25, -0.2) is 13.8 Å². The van der Waals surface area contributed by atoms with Crippen LogP contribution in [0.2, 0.25) is 5.15 Å². The average Bonchev–Trinajstić information content (AvgIpc) is 2.54. The van der Waals surface area contributed by atoms with Crippen molar-refractivity contribution in [2.75, 3.05) is 0 Å². The first-order valence-corrected chi connectivity index (χ1v) is 7.45. The fourth-order valence-electron chi connectivity index (χ4n) is 2.03. The molecular weight excluding hydrogens is 336 g/mol. The molecule has 3 nitrogen and oxygen atoms in total. The van der Waals surface area contributed by atoms with Gasteiger partial charge in [-0.3, -0.25) is 0 Å². The molecule has 0 bridgehead atoms. The molecule has 24 heavy (non-hydrogen) atoms. The minimum absolute atomic E-state index is 0.248. The van der Waals surface area contributed by atoms with Crippen LogP contribution in [0.4, 0.5) is 8.78 Å². The van der Waals surface area contributed by atoms with Crippen molar-refractivity contribution in [3.63, 3.8) is 0 Å². The maximum atomic E-state index is 13.4. The van der Waals surface area contributed by atoms with Crippen molar-refractivity contribution < 1.29 is 18.3 Å². The fourth-order valence-corrected chi connectivity index (χ4v) is 2.20. The lowest BCUT2D eigenvalue weighted by molar-refractivity contribution is -0.0000543. The van der Waals surface area contributed by atoms with Gasteiger partial charge in [0.05, 0.1) is 0 Å². The summed E-state index contributed by atoms with van der Waals surface area (Å²) < 4.78 is 38.1. The zero-order valence-corrected chi connectivity index (χ0v) is 13.1. The second kappa shape index (κ2) is 7.27. The molecule has 0 aliphatic heterocycles. The van der Waals surface area contributed by atoms with E-state index in [4.69, 9.17) is 21.1 Å². The molecule has 0 aliphatic rings. The number of nitrogens with zero attached hydrogens (tertiary/aromatic N) is 1. The first-order valence-electron chi connectivity index (χ1n) is 7.07. The Bertz CT molecular complexity index is 797. The van der Waals surface area contributed by atoms with E-state index in [1.54, 1.807) is 30.3 Å². The molecule has 6 heteroatoms. The van der Waals surface area contributed by atoms with E-state index in [2.05, 4.69) is 4.98 Å². The van der Waals surface area contributed by atoms with Crippen LogP contribution < -0.4 is 9.47 Å². The molecule has 1 heterocycles. The summed E-state index contributed by atoms with van der Waals surface area (Å²) in [5.74, 6) is -0.400. The van der Waals surface area contributed by atoms with Crippen molar-refractivity contribution >= 4 is 11.6 Å². The third-order valence-electron chi connectivity index (χ3n) is 3.06. The number of halogens is 3. The van der Waals surface area contributed by atoms with Crippen molar-refractivity contribution in [3.05, 3.63) is 89.2 Å². The zero-order valence-electron chi connectivity index (χ0n) is 12.3. The number of ether oxygens (including phenoxy) is 2. The summed E-state index contributed by atoms with van der Waals surface area (Å²) in [6, 6.07) is 16.1. The highest BCUT2D eigenvalue weighted by atomic mass is 35.5. The van der Waals surface area contributed by atoms with Crippen LogP contribution in [0.1, 0.15) is 12.0 Å². The maximum absolute atomic E-state index is 13.4. The molecule has 1 aromatic heterocycles. The van der Waals surface area contributed by atoms with E-state index in [9.17, 15) is 8.78 Å². The Balaban J connectivity index is 1.91. The normalized spacial score (nSPS) is 10.7. The molecule has 0 spiro atoms. The Hall–Kier alpha value is -2.66. The van der Waals surface area contributed by atoms with Gasteiger partial charge in [0, 0.05) is 12.1 Å². The van der Waals surface area contributed by atoms with Crippen molar-refractivity contribution in [1.82, 2.24) is 4.98 Å². The summed E-state index contributed by atoms with van der Waals surface area (Å²) in [5, 5.41) is 0.253. The molecule has 0 aliphatic carbocycles. The minimum atomic E-state index is -1.02. The van der Waals surface area contributed by atoms with Gasteiger partial charge in [0.2, 0.25) is 0 Å². The highest BCUT2D eigenvalue weighted by Gasteiger charge is 2.18. The smallest absolute Gasteiger partial charge is 0.284 e. The molecule has 0 radical (unpaired) electrons. The minimum Gasteiger partial charge on any atom is -0.449 e. The van der Waals surface area contributed by atoms with Gasteiger partial charge in [-0.1, -0.05) is 29.8 Å². The summed E-state index contributed by atoms with van der Waals surface area (Å²) in [7, 11) is 0. The molecular formula is C18H12ClF2NO2. The molecule has 0 saturated carbocycles. The van der Waals surface area contributed by atoms with E-state index in [0.717, 1.165) is 0 Å². The number of rotatable bonds is 5. The van der Waals surface area contributed by atoms with Crippen molar-refractivity contribution in [2.45, 2.75) is 6.29 Å². The van der Waals surface area contributed by atoms with Crippen LogP contribution in [0.25, 0.3) is 0 Å². The highest BCUT2D eigenvalue weighted by molar-refractivity contribution is 6.29. The van der Waals surface area contributed by atoms with E-state index in [1.807, 2.05) is 0 Å². The number of benzene rings is 2. The quantitative estimate of drug-likeness (QED) is 0.471. The standard InChI is InChI=1S/C18H12ClF2NO2/c19-17-9-3-8-16(22-17)18(23-14-6-1-4-12(20)10-14)24-15-7-2-5-13(21)11-15/h1-11,18H. The highest BCUT2D eigenvalue weighted by Crippen LogP contribution is 2.26. The molecule has 0 saturated heterocycles. The van der Waals surface area contributed by atoms with Gasteiger partial charge in [0.15, 0.2) is 0 Å². The third kappa shape index (κ3) is 4.20. The van der Waals surface area contributed by atoms with Crippen LogP contribution in [0, 0.1) is 11.6 Å². The molecule has 3 rings (SSSR count). The van der Waals surface area contributed by atoms with Gasteiger partial charge in [-0.05, 0) is 36.4 Å². The van der Waals surface area contributed by atoms with Crippen LogP contribution in [-0.2, 0) is 0 Å². The van der Waals surface area contributed by atoms with Crippen molar-refractivity contribution in [2.24, 2.45) is 0 Å². The molecule has 0 unspecified atom stereocenters. The van der Waals surface area contributed by atoms with E-state index >= 15 is 0 Å². The van der Waals surface area contributed by atoms with Gasteiger partial charge in [-0.15, -0.1) is 0 Å². The lowest BCUT2D eigenvalue weighted by Gasteiger charge is -2.20. The Morgan fingerprint density at radius 1 is 0.792 bits per heavy atom.